The molecule has 0 aliphatic heterocycles. The number of fused-ring (bicyclic) bond motifs is 1. The van der Waals surface area contributed by atoms with E-state index in [9.17, 15) is 0 Å². The summed E-state index contributed by atoms with van der Waals surface area (Å²) in [4.78, 5) is 0. The molecule has 4 nitrogen and oxygen atoms in total. The van der Waals surface area contributed by atoms with Gasteiger partial charge in [0, 0.05) is 6.61 Å². The molecule has 3 unspecified atom stereocenters. The minimum Gasteiger partial charge on any atom is -0.411 e. The molecule has 0 N–H and O–H groups in total. The summed E-state index contributed by atoms with van der Waals surface area (Å²) >= 11 is 0. The molecule has 0 aromatic carbocycles. The van der Waals surface area contributed by atoms with Crippen LogP contribution in [0.2, 0.25) is 54.4 Å². The average molecular weight is 789 g/mol. The Bertz CT molecular complexity index is 1260. The van der Waals surface area contributed by atoms with Gasteiger partial charge in [-0.3, -0.25) is 0 Å². The molecule has 0 heterocycles. The molecule has 53 heavy (non-hydrogen) atoms. The Kier molecular flexibility index (Phi) is 15.0. The van der Waals surface area contributed by atoms with Crippen LogP contribution in [0, 0.1) is 17.3 Å². The maximum absolute atomic E-state index is 7.13. The fourth-order valence-corrected chi connectivity index (χ4v) is 13.2. The number of allylic oxidation sites excluding steroid dienone is 3. The number of hydrogen-bond donors (Lipinski definition) is 0. The van der Waals surface area contributed by atoms with E-state index in [4.69, 9.17) is 18.0 Å². The molecule has 0 amide bonds. The van der Waals surface area contributed by atoms with Gasteiger partial charge < -0.3 is 18.0 Å². The summed E-state index contributed by atoms with van der Waals surface area (Å²) in [6.45, 7) is 50.4. The lowest BCUT2D eigenvalue weighted by Gasteiger charge is -2.46. The molecule has 0 saturated heterocycles. The summed E-state index contributed by atoms with van der Waals surface area (Å²) < 4.78 is 28.2. The third kappa shape index (κ3) is 10.8. The van der Waals surface area contributed by atoms with Crippen LogP contribution < -0.4 is 0 Å². The van der Waals surface area contributed by atoms with Gasteiger partial charge in [0.1, 0.15) is 0 Å². The fraction of sp³-hybridized carbons (Fsp3) is 0.870. The van der Waals surface area contributed by atoms with Crippen molar-refractivity contribution < 1.29 is 18.0 Å². The largest absolute Gasteiger partial charge is 0.411 e. The lowest BCUT2D eigenvalue weighted by Crippen LogP contribution is -2.50. The third-order valence-corrected chi connectivity index (χ3v) is 29.4. The molecule has 0 radical (unpaired) electrons. The van der Waals surface area contributed by atoms with Crippen LogP contribution >= 0.6 is 0 Å². The standard InChI is InChI=1S/C46H88O4Si3/c1-21-46(22-2,50-53(19,20)44(11,12)13)30-31-47-35(4)38-27-28-39-37(24-23-29-45(38,39)14)26-25-36-32-40(48-51(15,16)42(5,6)7)34(3)41(33-36)49-52(17,18)43(8,9)10/h25-26,35,38-41H,3,21-24,27-33H2,1-2,4-20H3/b37-26+/t35-,38?,39?,40-,41-,45?/m1/s1. The Balaban J connectivity index is 1.81. The Labute approximate surface area is 333 Å². The highest BCUT2D eigenvalue weighted by Gasteiger charge is 2.52. The van der Waals surface area contributed by atoms with Gasteiger partial charge in [-0.25, -0.2) is 0 Å². The molecule has 0 aromatic heterocycles. The van der Waals surface area contributed by atoms with E-state index < -0.39 is 25.0 Å². The molecule has 0 spiro atoms. The normalized spacial score (nSPS) is 28.4. The van der Waals surface area contributed by atoms with Crippen molar-refractivity contribution in [3.63, 3.8) is 0 Å². The van der Waals surface area contributed by atoms with Crippen LogP contribution in [0.1, 0.15) is 154 Å². The van der Waals surface area contributed by atoms with Gasteiger partial charge in [0.15, 0.2) is 25.0 Å². The third-order valence-electron chi connectivity index (χ3n) is 15.9. The molecular weight excluding hydrogens is 701 g/mol. The number of ether oxygens (including phenoxy) is 1. The van der Waals surface area contributed by atoms with Crippen LogP contribution in [0.3, 0.4) is 0 Å². The second kappa shape index (κ2) is 16.9. The molecule has 7 heteroatoms. The monoisotopic (exact) mass is 789 g/mol. The Hall–Kier alpha value is -0.289. The van der Waals surface area contributed by atoms with Crippen molar-refractivity contribution in [1.29, 1.82) is 0 Å². The molecule has 6 atom stereocenters. The van der Waals surface area contributed by atoms with Gasteiger partial charge in [-0.05, 0) is 148 Å². The zero-order chi connectivity index (χ0) is 40.6. The van der Waals surface area contributed by atoms with Crippen LogP contribution in [-0.4, -0.2) is 55.5 Å². The Morgan fingerprint density at radius 3 is 1.72 bits per heavy atom. The first kappa shape index (κ1) is 47.1. The molecule has 308 valence electrons. The van der Waals surface area contributed by atoms with Gasteiger partial charge in [-0.1, -0.05) is 113 Å². The number of rotatable bonds is 14. The molecule has 3 saturated carbocycles. The second-order valence-corrected chi connectivity index (χ2v) is 36.7. The fourth-order valence-electron chi connectivity index (χ4n) is 8.78. The van der Waals surface area contributed by atoms with Crippen LogP contribution in [0.4, 0.5) is 0 Å². The summed E-state index contributed by atoms with van der Waals surface area (Å²) in [6.07, 6.45) is 16.6. The van der Waals surface area contributed by atoms with E-state index in [1.165, 1.54) is 37.7 Å². The minimum absolute atomic E-state index is 0.0148. The summed E-state index contributed by atoms with van der Waals surface area (Å²) in [5, 5.41) is 0.497. The van der Waals surface area contributed by atoms with Crippen molar-refractivity contribution in [2.45, 2.75) is 233 Å². The predicted molar refractivity (Wildman–Crippen MR) is 238 cm³/mol. The van der Waals surface area contributed by atoms with E-state index in [1.54, 1.807) is 5.57 Å². The van der Waals surface area contributed by atoms with Gasteiger partial charge in [0.05, 0.1) is 23.9 Å². The van der Waals surface area contributed by atoms with Crippen molar-refractivity contribution in [3.8, 4) is 0 Å². The lowest BCUT2D eigenvalue weighted by molar-refractivity contribution is -0.0520. The van der Waals surface area contributed by atoms with Crippen molar-refractivity contribution in [1.82, 2.24) is 0 Å². The van der Waals surface area contributed by atoms with E-state index in [0.29, 0.717) is 11.8 Å². The maximum atomic E-state index is 7.13. The van der Waals surface area contributed by atoms with Crippen LogP contribution in [0.5, 0.6) is 0 Å². The molecule has 0 aromatic rings. The van der Waals surface area contributed by atoms with Crippen LogP contribution in [0.25, 0.3) is 0 Å². The molecule has 3 aliphatic rings. The second-order valence-electron chi connectivity index (χ2n) is 22.5. The molecular formula is C46H88O4Si3. The van der Waals surface area contributed by atoms with Crippen molar-refractivity contribution >= 4 is 25.0 Å². The van der Waals surface area contributed by atoms with Gasteiger partial charge in [-0.2, -0.15) is 0 Å². The Morgan fingerprint density at radius 2 is 1.26 bits per heavy atom. The molecule has 3 rings (SSSR count). The zero-order valence-electron chi connectivity index (χ0n) is 38.7. The highest BCUT2D eigenvalue weighted by molar-refractivity contribution is 6.75. The first-order chi connectivity index (χ1) is 24.0. The van der Waals surface area contributed by atoms with Crippen LogP contribution in [-0.2, 0) is 18.0 Å². The lowest BCUT2D eigenvalue weighted by atomic mass is 9.62. The van der Waals surface area contributed by atoms with Crippen LogP contribution in [0.15, 0.2) is 35.5 Å². The van der Waals surface area contributed by atoms with E-state index in [0.717, 1.165) is 44.3 Å². The first-order valence-electron chi connectivity index (χ1n) is 21.7. The SMILES string of the molecule is C=C1[C@H](O[Si](C)(C)C(C)(C)C)CC(=C/C=C2\CCCC3(C)C2CCC3[C@@H](C)OCCC(CC)(CC)O[Si](C)(C)C(C)(C)C)C[C@H]1O[Si](C)(C)C(C)(C)C. The van der Waals surface area contributed by atoms with Gasteiger partial charge in [-0.15, -0.1) is 0 Å². The van der Waals surface area contributed by atoms with Crippen molar-refractivity contribution in [3.05, 3.63) is 35.5 Å². The molecule has 0 bridgehead atoms. The minimum atomic E-state index is -2.00. The average Bonchev–Trinajstić information content (AvgIpc) is 3.37. The summed E-state index contributed by atoms with van der Waals surface area (Å²) in [5.74, 6) is 1.22. The smallest absolute Gasteiger partial charge is 0.192 e. The van der Waals surface area contributed by atoms with E-state index in [2.05, 4.69) is 148 Å². The summed E-state index contributed by atoms with van der Waals surface area (Å²) in [7, 11) is -5.87. The van der Waals surface area contributed by atoms with Gasteiger partial charge in [0.25, 0.3) is 0 Å². The van der Waals surface area contributed by atoms with E-state index in [-0.39, 0.29) is 44.4 Å². The quantitative estimate of drug-likeness (QED) is 0.130. The summed E-state index contributed by atoms with van der Waals surface area (Å²) in [5.41, 5.74) is 4.48. The first-order valence-corrected chi connectivity index (χ1v) is 30.4. The summed E-state index contributed by atoms with van der Waals surface area (Å²) in [6, 6.07) is 0. The highest BCUT2D eigenvalue weighted by atomic mass is 28.4. The van der Waals surface area contributed by atoms with Gasteiger partial charge in [0.2, 0.25) is 0 Å². The molecule has 3 aliphatic carbocycles. The Morgan fingerprint density at radius 1 is 0.774 bits per heavy atom. The van der Waals surface area contributed by atoms with E-state index in [1.807, 2.05) is 0 Å². The molecule has 3 fully saturated rings. The van der Waals surface area contributed by atoms with Crippen molar-refractivity contribution in [2.24, 2.45) is 17.3 Å². The zero-order valence-corrected chi connectivity index (χ0v) is 41.7. The van der Waals surface area contributed by atoms with Gasteiger partial charge >= 0.3 is 0 Å². The topological polar surface area (TPSA) is 36.9 Å². The highest BCUT2D eigenvalue weighted by Crippen LogP contribution is 2.59. The predicted octanol–water partition coefficient (Wildman–Crippen LogP) is 14.6. The maximum Gasteiger partial charge on any atom is 0.192 e. The van der Waals surface area contributed by atoms with E-state index >= 15 is 0 Å². The number of hydrogen-bond acceptors (Lipinski definition) is 4. The van der Waals surface area contributed by atoms with Crippen molar-refractivity contribution in [2.75, 3.05) is 6.61 Å².